The van der Waals surface area contributed by atoms with Crippen LogP contribution in [-0.4, -0.2) is 16.1 Å². The molecule has 0 unspecified atom stereocenters. The zero-order valence-electron chi connectivity index (χ0n) is 11.0. The Hall–Kier alpha value is -1.97. The number of halogens is 1. The van der Waals surface area contributed by atoms with Gasteiger partial charge in [0, 0.05) is 11.1 Å². The van der Waals surface area contributed by atoms with Gasteiger partial charge in [-0.3, -0.25) is 4.98 Å². The minimum atomic E-state index is -1.02. The molecule has 2 aromatic rings. The van der Waals surface area contributed by atoms with Crippen LogP contribution in [0.1, 0.15) is 41.9 Å². The van der Waals surface area contributed by atoms with Crippen molar-refractivity contribution < 1.29 is 14.3 Å². The third kappa shape index (κ3) is 2.43. The van der Waals surface area contributed by atoms with Gasteiger partial charge < -0.3 is 5.11 Å². The summed E-state index contributed by atoms with van der Waals surface area (Å²) in [5.74, 6) is -1.46. The van der Waals surface area contributed by atoms with Crippen LogP contribution in [0.5, 0.6) is 0 Å². The lowest BCUT2D eigenvalue weighted by Gasteiger charge is -2.13. The van der Waals surface area contributed by atoms with Gasteiger partial charge in [0.2, 0.25) is 0 Å². The number of nitrogens with zero attached hydrogens (tertiary/aromatic N) is 1. The molecule has 19 heavy (non-hydrogen) atoms. The normalized spacial score (nSPS) is 10.9. The molecule has 0 saturated carbocycles. The summed E-state index contributed by atoms with van der Waals surface area (Å²) < 4.78 is 13.3. The largest absolute Gasteiger partial charge is 0.478 e. The zero-order valence-corrected chi connectivity index (χ0v) is 11.0. The highest BCUT2D eigenvalue weighted by Gasteiger charge is 2.18. The molecule has 0 bridgehead atoms. The van der Waals surface area contributed by atoms with E-state index in [1.165, 1.54) is 18.2 Å². The first-order valence-electron chi connectivity index (χ1n) is 6.42. The van der Waals surface area contributed by atoms with E-state index >= 15 is 0 Å². The van der Waals surface area contributed by atoms with E-state index in [0.717, 1.165) is 18.5 Å². The van der Waals surface area contributed by atoms with Gasteiger partial charge >= 0.3 is 5.97 Å². The number of aromatic nitrogens is 1. The lowest BCUT2D eigenvalue weighted by atomic mass is 9.96. The minimum absolute atomic E-state index is 0.190. The van der Waals surface area contributed by atoms with Crippen molar-refractivity contribution in [2.24, 2.45) is 0 Å². The number of hydrogen-bond acceptors (Lipinski definition) is 2. The Bertz CT molecular complexity index is 638. The van der Waals surface area contributed by atoms with E-state index in [4.69, 9.17) is 0 Å². The van der Waals surface area contributed by atoms with Gasteiger partial charge in [0.05, 0.1) is 11.1 Å². The number of carbonyl (C=O) groups is 1. The molecule has 0 saturated heterocycles. The number of aryl methyl sites for hydroxylation is 1. The molecule has 1 aromatic heterocycles. The van der Waals surface area contributed by atoms with Crippen molar-refractivity contribution in [3.05, 3.63) is 40.8 Å². The summed E-state index contributed by atoms with van der Waals surface area (Å²) in [6, 6.07) is 4.10. The Kier molecular flexibility index (Phi) is 3.79. The number of hydrogen-bond donors (Lipinski definition) is 1. The van der Waals surface area contributed by atoms with Gasteiger partial charge in [0.1, 0.15) is 5.82 Å². The van der Waals surface area contributed by atoms with E-state index in [1.807, 2.05) is 13.8 Å². The van der Waals surface area contributed by atoms with Crippen LogP contribution in [0, 0.1) is 5.82 Å². The maximum atomic E-state index is 13.3. The smallest absolute Gasteiger partial charge is 0.336 e. The van der Waals surface area contributed by atoms with E-state index in [0.29, 0.717) is 22.9 Å². The lowest BCUT2D eigenvalue weighted by Crippen LogP contribution is -2.09. The first-order valence-corrected chi connectivity index (χ1v) is 6.42. The fraction of sp³-hybridized carbons (Fsp3) is 0.333. The van der Waals surface area contributed by atoms with Gasteiger partial charge in [-0.2, -0.15) is 0 Å². The van der Waals surface area contributed by atoms with Gasteiger partial charge in [-0.1, -0.05) is 20.3 Å². The molecule has 0 fully saturated rings. The number of rotatable bonds is 4. The number of pyridine rings is 1. The van der Waals surface area contributed by atoms with Crippen molar-refractivity contribution in [3.8, 4) is 0 Å². The molecule has 0 amide bonds. The monoisotopic (exact) mass is 261 g/mol. The zero-order chi connectivity index (χ0) is 14.0. The molecule has 2 rings (SSSR count). The molecule has 1 aromatic carbocycles. The highest BCUT2D eigenvalue weighted by atomic mass is 19.1. The number of carboxylic acid groups (broad SMARTS) is 1. The lowest BCUT2D eigenvalue weighted by molar-refractivity contribution is 0.0697. The Morgan fingerprint density at radius 3 is 2.68 bits per heavy atom. The van der Waals surface area contributed by atoms with Crippen LogP contribution in [0.2, 0.25) is 0 Å². The highest BCUT2D eigenvalue weighted by Crippen LogP contribution is 2.26. The summed E-state index contributed by atoms with van der Waals surface area (Å²) in [4.78, 5) is 16.0. The van der Waals surface area contributed by atoms with Crippen LogP contribution in [0.15, 0.2) is 18.2 Å². The number of fused-ring (bicyclic) bond motifs is 1. The Balaban J connectivity index is 2.86. The van der Waals surface area contributed by atoms with Crippen molar-refractivity contribution >= 4 is 16.9 Å². The molecular formula is C15H16FNO2. The van der Waals surface area contributed by atoms with Crippen LogP contribution in [0.25, 0.3) is 10.9 Å². The summed E-state index contributed by atoms with van der Waals surface area (Å²) in [7, 11) is 0. The summed E-state index contributed by atoms with van der Waals surface area (Å²) in [6.45, 7) is 3.92. The predicted molar refractivity (Wildman–Crippen MR) is 72.0 cm³/mol. The van der Waals surface area contributed by atoms with Crippen molar-refractivity contribution in [2.45, 2.75) is 33.1 Å². The molecule has 0 aliphatic rings. The molecule has 1 N–H and O–H groups in total. The van der Waals surface area contributed by atoms with Gasteiger partial charge in [-0.15, -0.1) is 0 Å². The SMILES string of the molecule is CCCc1nc2ccc(F)cc2c(C(=O)O)c1CC. The number of aromatic carboxylic acids is 1. The van der Waals surface area contributed by atoms with Crippen molar-refractivity contribution in [1.82, 2.24) is 4.98 Å². The maximum absolute atomic E-state index is 13.3. The quantitative estimate of drug-likeness (QED) is 0.915. The van der Waals surface area contributed by atoms with E-state index in [1.54, 1.807) is 0 Å². The first kappa shape index (κ1) is 13.5. The summed E-state index contributed by atoms with van der Waals surface area (Å²) in [5, 5.41) is 9.81. The molecule has 0 atom stereocenters. The molecule has 3 nitrogen and oxygen atoms in total. The topological polar surface area (TPSA) is 50.2 Å². The fourth-order valence-electron chi connectivity index (χ4n) is 2.39. The van der Waals surface area contributed by atoms with Crippen LogP contribution in [0.3, 0.4) is 0 Å². The van der Waals surface area contributed by atoms with Crippen LogP contribution in [0.4, 0.5) is 4.39 Å². The van der Waals surface area contributed by atoms with Gasteiger partial charge in [0.15, 0.2) is 0 Å². The van der Waals surface area contributed by atoms with Crippen molar-refractivity contribution in [2.75, 3.05) is 0 Å². The van der Waals surface area contributed by atoms with Crippen LogP contribution in [-0.2, 0) is 12.8 Å². The van der Waals surface area contributed by atoms with E-state index in [9.17, 15) is 14.3 Å². The van der Waals surface area contributed by atoms with Crippen molar-refractivity contribution in [1.29, 1.82) is 0 Å². The van der Waals surface area contributed by atoms with Gasteiger partial charge in [-0.05, 0) is 36.6 Å². The second-order valence-electron chi connectivity index (χ2n) is 4.48. The van der Waals surface area contributed by atoms with Crippen LogP contribution < -0.4 is 0 Å². The molecular weight excluding hydrogens is 245 g/mol. The summed E-state index contributed by atoms with van der Waals surface area (Å²) in [5.41, 5.74) is 2.25. The molecule has 1 heterocycles. The second kappa shape index (κ2) is 5.34. The predicted octanol–water partition coefficient (Wildman–Crippen LogP) is 3.59. The van der Waals surface area contributed by atoms with E-state index in [2.05, 4.69) is 4.98 Å². The first-order chi connectivity index (χ1) is 9.08. The third-order valence-electron chi connectivity index (χ3n) is 3.19. The molecule has 100 valence electrons. The standard InChI is InChI=1S/C15H16FNO2/c1-3-5-12-10(4-2)14(15(18)19)11-8-9(16)6-7-13(11)17-12/h6-8H,3-5H2,1-2H3,(H,18,19). The van der Waals surface area contributed by atoms with Crippen LogP contribution >= 0.6 is 0 Å². The van der Waals surface area contributed by atoms with Gasteiger partial charge in [-0.25, -0.2) is 9.18 Å². The number of benzene rings is 1. The Labute approximate surface area is 111 Å². The average molecular weight is 261 g/mol. The molecule has 0 aliphatic carbocycles. The maximum Gasteiger partial charge on any atom is 0.336 e. The fourth-order valence-corrected chi connectivity index (χ4v) is 2.39. The summed E-state index contributed by atoms with van der Waals surface area (Å²) >= 11 is 0. The van der Waals surface area contributed by atoms with Gasteiger partial charge in [0.25, 0.3) is 0 Å². The Morgan fingerprint density at radius 1 is 1.37 bits per heavy atom. The molecule has 4 heteroatoms. The van der Waals surface area contributed by atoms with E-state index in [-0.39, 0.29) is 5.56 Å². The highest BCUT2D eigenvalue weighted by molar-refractivity contribution is 6.04. The summed E-state index contributed by atoms with van der Waals surface area (Å²) in [6.07, 6.45) is 2.21. The number of carboxylic acids is 1. The third-order valence-corrected chi connectivity index (χ3v) is 3.19. The van der Waals surface area contributed by atoms with E-state index < -0.39 is 11.8 Å². The Morgan fingerprint density at radius 2 is 2.11 bits per heavy atom. The van der Waals surface area contributed by atoms with Crippen molar-refractivity contribution in [3.63, 3.8) is 0 Å². The molecule has 0 radical (unpaired) electrons. The minimum Gasteiger partial charge on any atom is -0.478 e. The molecule has 0 spiro atoms. The second-order valence-corrected chi connectivity index (χ2v) is 4.48. The average Bonchev–Trinajstić information content (AvgIpc) is 2.37. The molecule has 0 aliphatic heterocycles.